The molecule has 110 valence electrons. The highest BCUT2D eigenvalue weighted by atomic mass is 35.5. The number of benzene rings is 1. The average molecular weight is 300 g/mol. The van der Waals surface area contributed by atoms with Crippen LogP contribution in [0.1, 0.15) is 17.3 Å². The van der Waals surface area contributed by atoms with E-state index in [4.69, 9.17) is 4.74 Å². The number of ether oxygens (including phenoxy) is 1. The Morgan fingerprint density at radius 2 is 2.25 bits per heavy atom. The molecule has 20 heavy (non-hydrogen) atoms. The third-order valence-electron chi connectivity index (χ3n) is 2.94. The molecule has 1 unspecified atom stereocenters. The first kappa shape index (κ1) is 16.3. The molecule has 1 atom stereocenters. The lowest BCUT2D eigenvalue weighted by Gasteiger charge is -2.18. The van der Waals surface area contributed by atoms with Crippen molar-refractivity contribution in [2.24, 2.45) is 0 Å². The zero-order valence-electron chi connectivity index (χ0n) is 11.4. The molecular weight excluding hydrogens is 282 g/mol. The van der Waals surface area contributed by atoms with Gasteiger partial charge < -0.3 is 20.7 Å². The van der Waals surface area contributed by atoms with Gasteiger partial charge in [-0.25, -0.2) is 0 Å². The maximum absolute atomic E-state index is 11.9. The SMILES string of the molecule is CNC(C)CNC(=O)c1ccc2c(c1)OCC(=O)N2.Cl. The lowest BCUT2D eigenvalue weighted by Crippen LogP contribution is -2.37. The molecule has 1 aromatic carbocycles. The molecule has 1 aliphatic rings. The van der Waals surface area contributed by atoms with Crippen LogP contribution in [-0.4, -0.2) is 38.1 Å². The lowest BCUT2D eigenvalue weighted by atomic mass is 10.1. The van der Waals surface area contributed by atoms with Crippen LogP contribution in [0.15, 0.2) is 18.2 Å². The van der Waals surface area contributed by atoms with Crippen molar-refractivity contribution in [1.82, 2.24) is 10.6 Å². The Hall–Kier alpha value is -1.79. The van der Waals surface area contributed by atoms with Crippen LogP contribution in [0, 0.1) is 0 Å². The Bertz CT molecular complexity index is 508. The molecule has 0 aliphatic carbocycles. The minimum atomic E-state index is -0.187. The van der Waals surface area contributed by atoms with Gasteiger partial charge in [0.05, 0.1) is 5.69 Å². The van der Waals surface area contributed by atoms with Crippen LogP contribution in [-0.2, 0) is 4.79 Å². The second-order valence-electron chi connectivity index (χ2n) is 4.45. The van der Waals surface area contributed by atoms with Crippen LogP contribution < -0.4 is 20.7 Å². The Balaban J connectivity index is 0.00000200. The molecule has 0 saturated heterocycles. The van der Waals surface area contributed by atoms with E-state index in [2.05, 4.69) is 16.0 Å². The highest BCUT2D eigenvalue weighted by molar-refractivity contribution is 5.98. The molecule has 0 radical (unpaired) electrons. The third-order valence-corrected chi connectivity index (χ3v) is 2.94. The topological polar surface area (TPSA) is 79.5 Å². The Morgan fingerprint density at radius 3 is 2.95 bits per heavy atom. The average Bonchev–Trinajstić information content (AvgIpc) is 2.43. The molecule has 6 nitrogen and oxygen atoms in total. The van der Waals surface area contributed by atoms with Gasteiger partial charge in [-0.2, -0.15) is 0 Å². The number of amides is 2. The highest BCUT2D eigenvalue weighted by Crippen LogP contribution is 2.28. The van der Waals surface area contributed by atoms with Crippen molar-refractivity contribution in [3.63, 3.8) is 0 Å². The van der Waals surface area contributed by atoms with Gasteiger partial charge in [-0.05, 0) is 32.2 Å². The first-order valence-corrected chi connectivity index (χ1v) is 6.12. The summed E-state index contributed by atoms with van der Waals surface area (Å²) < 4.78 is 5.27. The Labute approximate surface area is 123 Å². The molecule has 0 fully saturated rings. The van der Waals surface area contributed by atoms with Crippen LogP contribution in [0.2, 0.25) is 0 Å². The van der Waals surface area contributed by atoms with Crippen LogP contribution in [0.3, 0.4) is 0 Å². The van der Waals surface area contributed by atoms with Crippen molar-refractivity contribution < 1.29 is 14.3 Å². The van der Waals surface area contributed by atoms with E-state index in [0.29, 0.717) is 23.5 Å². The summed E-state index contributed by atoms with van der Waals surface area (Å²) >= 11 is 0. The number of fused-ring (bicyclic) bond motifs is 1. The van der Waals surface area contributed by atoms with E-state index in [1.807, 2.05) is 14.0 Å². The number of anilines is 1. The van der Waals surface area contributed by atoms with Crippen LogP contribution >= 0.6 is 12.4 Å². The van der Waals surface area contributed by atoms with Crippen molar-refractivity contribution in [2.75, 3.05) is 25.5 Å². The zero-order chi connectivity index (χ0) is 13.8. The summed E-state index contributed by atoms with van der Waals surface area (Å²) in [7, 11) is 1.84. The van der Waals surface area contributed by atoms with E-state index >= 15 is 0 Å². The number of hydrogen-bond donors (Lipinski definition) is 3. The van der Waals surface area contributed by atoms with Crippen LogP contribution in [0.4, 0.5) is 5.69 Å². The summed E-state index contributed by atoms with van der Waals surface area (Å²) in [5.41, 5.74) is 1.11. The van der Waals surface area contributed by atoms with E-state index in [1.54, 1.807) is 18.2 Å². The standard InChI is InChI=1S/C13H17N3O3.ClH/c1-8(14-2)6-15-13(18)9-3-4-10-11(5-9)19-7-12(17)16-10;/h3-5,8,14H,6-7H2,1-2H3,(H,15,18)(H,16,17);1H. The van der Waals surface area contributed by atoms with E-state index in [9.17, 15) is 9.59 Å². The summed E-state index contributed by atoms with van der Waals surface area (Å²) in [4.78, 5) is 23.1. The molecular formula is C13H18ClN3O3. The minimum absolute atomic E-state index is 0. The third kappa shape index (κ3) is 3.85. The molecule has 2 rings (SSSR count). The minimum Gasteiger partial charge on any atom is -0.482 e. The van der Waals surface area contributed by atoms with Gasteiger partial charge in [0.15, 0.2) is 6.61 Å². The summed E-state index contributed by atoms with van der Waals surface area (Å²) in [6.45, 7) is 2.50. The van der Waals surface area contributed by atoms with Crippen molar-refractivity contribution in [1.29, 1.82) is 0 Å². The fourth-order valence-electron chi connectivity index (χ4n) is 1.67. The van der Waals surface area contributed by atoms with Gasteiger partial charge >= 0.3 is 0 Å². The van der Waals surface area contributed by atoms with Crippen molar-refractivity contribution in [2.45, 2.75) is 13.0 Å². The lowest BCUT2D eigenvalue weighted by molar-refractivity contribution is -0.118. The second-order valence-corrected chi connectivity index (χ2v) is 4.45. The van der Waals surface area contributed by atoms with Crippen LogP contribution in [0.5, 0.6) is 5.75 Å². The maximum atomic E-state index is 11.9. The number of rotatable bonds is 4. The van der Waals surface area contributed by atoms with Gasteiger partial charge in [-0.3, -0.25) is 9.59 Å². The highest BCUT2D eigenvalue weighted by Gasteiger charge is 2.17. The molecule has 1 heterocycles. The first-order chi connectivity index (χ1) is 9.10. The second kappa shape index (κ2) is 7.12. The predicted octanol–water partition coefficient (Wildman–Crippen LogP) is 0.777. The van der Waals surface area contributed by atoms with E-state index in [1.165, 1.54) is 0 Å². The van der Waals surface area contributed by atoms with Gasteiger partial charge in [0.2, 0.25) is 0 Å². The predicted molar refractivity (Wildman–Crippen MR) is 78.7 cm³/mol. The van der Waals surface area contributed by atoms with Gasteiger partial charge in [-0.1, -0.05) is 0 Å². The largest absolute Gasteiger partial charge is 0.482 e. The normalized spacial score (nSPS) is 14.2. The Kier molecular flexibility index (Phi) is 5.79. The summed E-state index contributed by atoms with van der Waals surface area (Å²) in [6.07, 6.45) is 0. The van der Waals surface area contributed by atoms with Crippen LogP contribution in [0.25, 0.3) is 0 Å². The molecule has 0 bridgehead atoms. The quantitative estimate of drug-likeness (QED) is 0.767. The number of carbonyl (C=O) groups excluding carboxylic acids is 2. The fourth-order valence-corrected chi connectivity index (χ4v) is 1.67. The summed E-state index contributed by atoms with van der Waals surface area (Å²) in [6, 6.07) is 5.17. The van der Waals surface area contributed by atoms with Crippen molar-refractivity contribution in [3.8, 4) is 5.75 Å². The van der Waals surface area contributed by atoms with Crippen molar-refractivity contribution >= 4 is 29.9 Å². The number of carbonyl (C=O) groups is 2. The number of hydrogen-bond acceptors (Lipinski definition) is 4. The smallest absolute Gasteiger partial charge is 0.262 e. The molecule has 0 saturated carbocycles. The maximum Gasteiger partial charge on any atom is 0.262 e. The summed E-state index contributed by atoms with van der Waals surface area (Å²) in [5, 5.41) is 8.54. The molecule has 7 heteroatoms. The molecule has 2 amide bonds. The molecule has 3 N–H and O–H groups in total. The first-order valence-electron chi connectivity index (χ1n) is 6.12. The summed E-state index contributed by atoms with van der Waals surface area (Å²) in [5.74, 6) is 0.173. The zero-order valence-corrected chi connectivity index (χ0v) is 12.2. The molecule has 0 spiro atoms. The van der Waals surface area contributed by atoms with E-state index in [-0.39, 0.29) is 36.9 Å². The van der Waals surface area contributed by atoms with E-state index < -0.39 is 0 Å². The fraction of sp³-hybridized carbons (Fsp3) is 0.385. The monoisotopic (exact) mass is 299 g/mol. The van der Waals surface area contributed by atoms with Crippen molar-refractivity contribution in [3.05, 3.63) is 23.8 Å². The molecule has 1 aromatic rings. The molecule has 0 aromatic heterocycles. The van der Waals surface area contributed by atoms with E-state index in [0.717, 1.165) is 0 Å². The van der Waals surface area contributed by atoms with Gasteiger partial charge in [0, 0.05) is 18.2 Å². The van der Waals surface area contributed by atoms with Gasteiger partial charge in [0.25, 0.3) is 11.8 Å². The van der Waals surface area contributed by atoms with Gasteiger partial charge in [-0.15, -0.1) is 12.4 Å². The number of halogens is 1. The molecule has 1 aliphatic heterocycles. The number of nitrogens with one attached hydrogen (secondary N) is 3. The number of likely N-dealkylation sites (N-methyl/N-ethyl adjacent to an activating group) is 1. The Morgan fingerprint density at radius 1 is 1.50 bits per heavy atom. The van der Waals surface area contributed by atoms with Gasteiger partial charge in [0.1, 0.15) is 5.75 Å².